The van der Waals surface area contributed by atoms with E-state index >= 15 is 0 Å². The Morgan fingerprint density at radius 1 is 1.55 bits per heavy atom. The van der Waals surface area contributed by atoms with Crippen molar-refractivity contribution in [2.75, 3.05) is 18.8 Å². The molecular weight excluding hydrogens is 274 g/mol. The number of thioether (sulfide) groups is 1. The Labute approximate surface area is 124 Å². The van der Waals surface area contributed by atoms with Gasteiger partial charge in [-0.2, -0.15) is 11.8 Å². The van der Waals surface area contributed by atoms with E-state index in [0.29, 0.717) is 4.75 Å². The van der Waals surface area contributed by atoms with Gasteiger partial charge in [0.25, 0.3) is 0 Å². The van der Waals surface area contributed by atoms with E-state index in [4.69, 9.17) is 10.3 Å². The van der Waals surface area contributed by atoms with Gasteiger partial charge in [-0.25, -0.2) is 5.84 Å². The minimum Gasteiger partial charge on any atom is -0.456 e. The molecule has 6 heteroatoms. The Kier molecular flexibility index (Phi) is 4.78. The number of nitrogens with two attached hydrogens (primary N) is 1. The van der Waals surface area contributed by atoms with Crippen molar-refractivity contribution in [1.29, 1.82) is 0 Å². The molecule has 0 unspecified atom stereocenters. The van der Waals surface area contributed by atoms with Crippen molar-refractivity contribution in [3.05, 3.63) is 23.2 Å². The van der Waals surface area contributed by atoms with Crippen molar-refractivity contribution in [3.8, 4) is 0 Å². The van der Waals surface area contributed by atoms with Crippen LogP contribution in [0.15, 0.2) is 10.5 Å². The molecule has 5 nitrogen and oxygen atoms in total. The topological polar surface area (TPSA) is 71.5 Å². The molecule has 1 aromatic rings. The molecule has 112 valence electrons. The zero-order valence-electron chi connectivity index (χ0n) is 12.4. The van der Waals surface area contributed by atoms with Crippen LogP contribution in [0.5, 0.6) is 0 Å². The third kappa shape index (κ3) is 3.77. The van der Waals surface area contributed by atoms with Crippen molar-refractivity contribution in [2.24, 2.45) is 5.84 Å². The lowest BCUT2D eigenvalue weighted by atomic mass is 10.1. The molecule has 1 aliphatic heterocycles. The SMILES string of the molecule is Cc1oc(C(=O)NN)cc1CN1CCSC(C)(C)CC1. The van der Waals surface area contributed by atoms with Gasteiger partial charge in [-0.3, -0.25) is 15.1 Å². The number of rotatable bonds is 3. The van der Waals surface area contributed by atoms with Gasteiger partial charge in [-0.05, 0) is 26.0 Å². The van der Waals surface area contributed by atoms with E-state index < -0.39 is 0 Å². The fraction of sp³-hybridized carbons (Fsp3) is 0.643. The second kappa shape index (κ2) is 6.20. The van der Waals surface area contributed by atoms with E-state index in [1.54, 1.807) is 6.07 Å². The summed E-state index contributed by atoms with van der Waals surface area (Å²) in [6.45, 7) is 9.45. The second-order valence-corrected chi connectivity index (χ2v) is 7.60. The number of hydrazine groups is 1. The molecule has 20 heavy (non-hydrogen) atoms. The van der Waals surface area contributed by atoms with Crippen molar-refractivity contribution >= 4 is 17.7 Å². The first-order valence-corrected chi connectivity index (χ1v) is 7.86. The number of nitrogens with zero attached hydrogens (tertiary/aromatic N) is 1. The quantitative estimate of drug-likeness (QED) is 0.506. The van der Waals surface area contributed by atoms with E-state index in [1.807, 2.05) is 18.7 Å². The first-order valence-electron chi connectivity index (χ1n) is 6.88. The molecule has 1 saturated heterocycles. The highest BCUT2D eigenvalue weighted by atomic mass is 32.2. The molecule has 2 rings (SSSR count). The number of hydrogen-bond acceptors (Lipinski definition) is 5. The molecule has 0 aliphatic carbocycles. The van der Waals surface area contributed by atoms with Crippen molar-refractivity contribution < 1.29 is 9.21 Å². The number of carbonyl (C=O) groups excluding carboxylic acids is 1. The van der Waals surface area contributed by atoms with Crippen LogP contribution in [0.3, 0.4) is 0 Å². The van der Waals surface area contributed by atoms with Crippen molar-refractivity contribution in [2.45, 2.75) is 38.5 Å². The molecule has 0 aromatic carbocycles. The van der Waals surface area contributed by atoms with Crippen molar-refractivity contribution in [1.82, 2.24) is 10.3 Å². The van der Waals surface area contributed by atoms with Crippen molar-refractivity contribution in [3.63, 3.8) is 0 Å². The summed E-state index contributed by atoms with van der Waals surface area (Å²) in [6.07, 6.45) is 1.17. The van der Waals surface area contributed by atoms with E-state index in [9.17, 15) is 4.79 Å². The summed E-state index contributed by atoms with van der Waals surface area (Å²) in [5, 5.41) is 0. The average molecular weight is 297 g/mol. The number of aryl methyl sites for hydroxylation is 1. The highest BCUT2D eigenvalue weighted by Crippen LogP contribution is 2.31. The Hall–Kier alpha value is -0.980. The number of hydrogen-bond donors (Lipinski definition) is 2. The highest BCUT2D eigenvalue weighted by Gasteiger charge is 2.24. The van der Waals surface area contributed by atoms with Gasteiger partial charge in [0.2, 0.25) is 0 Å². The summed E-state index contributed by atoms with van der Waals surface area (Å²) in [6, 6.07) is 1.79. The minimum atomic E-state index is -0.382. The predicted molar refractivity (Wildman–Crippen MR) is 81.5 cm³/mol. The monoisotopic (exact) mass is 297 g/mol. The average Bonchev–Trinajstić information content (AvgIpc) is 2.66. The summed E-state index contributed by atoms with van der Waals surface area (Å²) in [5.74, 6) is 6.96. The third-order valence-corrected chi connectivity index (χ3v) is 5.07. The van der Waals surface area contributed by atoms with Crippen LogP contribution in [0, 0.1) is 6.92 Å². The number of carbonyl (C=O) groups is 1. The fourth-order valence-electron chi connectivity index (χ4n) is 2.32. The van der Waals surface area contributed by atoms with Crippen LogP contribution in [0.1, 0.15) is 42.1 Å². The Morgan fingerprint density at radius 2 is 2.30 bits per heavy atom. The lowest BCUT2D eigenvalue weighted by Crippen LogP contribution is -2.29. The standard InChI is InChI=1S/C14H23N3O2S/c1-10-11(8-12(19-10)13(18)16-15)9-17-5-4-14(2,3)20-7-6-17/h8H,4-7,9,15H2,1-3H3,(H,16,18). The first kappa shape index (κ1) is 15.4. The molecule has 0 radical (unpaired) electrons. The van der Waals surface area contributed by atoms with Gasteiger partial charge in [0.05, 0.1) is 0 Å². The molecule has 1 aliphatic rings. The molecule has 1 aromatic heterocycles. The van der Waals surface area contributed by atoms with Crippen LogP contribution in [0.2, 0.25) is 0 Å². The maximum absolute atomic E-state index is 11.5. The normalized spacial score (nSPS) is 19.6. The number of amides is 1. The Morgan fingerprint density at radius 3 is 3.00 bits per heavy atom. The highest BCUT2D eigenvalue weighted by molar-refractivity contribution is 8.00. The zero-order chi connectivity index (χ0) is 14.8. The summed E-state index contributed by atoms with van der Waals surface area (Å²) < 4.78 is 5.81. The minimum absolute atomic E-state index is 0.282. The summed E-state index contributed by atoms with van der Waals surface area (Å²) >= 11 is 2.03. The number of nitrogen functional groups attached to an aromatic ring is 1. The van der Waals surface area contributed by atoms with Crippen LogP contribution in [-0.2, 0) is 6.54 Å². The molecule has 3 N–H and O–H groups in total. The van der Waals surface area contributed by atoms with E-state index in [-0.39, 0.29) is 11.7 Å². The summed E-state index contributed by atoms with van der Waals surface area (Å²) in [7, 11) is 0. The molecular formula is C14H23N3O2S. The fourth-order valence-corrected chi connectivity index (χ4v) is 3.46. The molecule has 2 heterocycles. The number of nitrogens with one attached hydrogen (secondary N) is 1. The predicted octanol–water partition coefficient (Wildman–Crippen LogP) is 1.91. The van der Waals surface area contributed by atoms with Gasteiger partial charge in [-0.15, -0.1) is 0 Å². The van der Waals surface area contributed by atoms with Gasteiger partial charge in [0.1, 0.15) is 5.76 Å². The van der Waals surface area contributed by atoms with E-state index in [2.05, 4.69) is 24.2 Å². The van der Waals surface area contributed by atoms with Crippen LogP contribution in [-0.4, -0.2) is 34.4 Å². The van der Waals surface area contributed by atoms with Gasteiger partial charge in [0, 0.05) is 29.2 Å². The molecule has 0 spiro atoms. The third-order valence-electron chi connectivity index (χ3n) is 3.70. The van der Waals surface area contributed by atoms with E-state index in [1.165, 1.54) is 6.42 Å². The summed E-state index contributed by atoms with van der Waals surface area (Å²) in [4.78, 5) is 13.9. The Balaban J connectivity index is 2.03. The maximum Gasteiger partial charge on any atom is 0.300 e. The smallest absolute Gasteiger partial charge is 0.300 e. The summed E-state index contributed by atoms with van der Waals surface area (Å²) in [5.41, 5.74) is 3.16. The first-order chi connectivity index (χ1) is 9.41. The number of furan rings is 1. The Bertz CT molecular complexity index is 485. The second-order valence-electron chi connectivity index (χ2n) is 5.80. The molecule has 0 atom stereocenters. The molecule has 1 fully saturated rings. The van der Waals surface area contributed by atoms with Gasteiger partial charge in [-0.1, -0.05) is 13.8 Å². The van der Waals surface area contributed by atoms with Crippen LogP contribution >= 0.6 is 11.8 Å². The van der Waals surface area contributed by atoms with Gasteiger partial charge < -0.3 is 4.42 Å². The largest absolute Gasteiger partial charge is 0.456 e. The lowest BCUT2D eigenvalue weighted by molar-refractivity contribution is 0.0924. The van der Waals surface area contributed by atoms with Crippen LogP contribution in [0.4, 0.5) is 0 Å². The maximum atomic E-state index is 11.5. The van der Waals surface area contributed by atoms with Gasteiger partial charge in [0.15, 0.2) is 5.76 Å². The lowest BCUT2D eigenvalue weighted by Gasteiger charge is -2.22. The zero-order valence-corrected chi connectivity index (χ0v) is 13.2. The molecule has 1 amide bonds. The van der Waals surface area contributed by atoms with E-state index in [0.717, 1.165) is 36.7 Å². The van der Waals surface area contributed by atoms with Gasteiger partial charge >= 0.3 is 5.91 Å². The molecule has 0 bridgehead atoms. The van der Waals surface area contributed by atoms with Crippen LogP contribution in [0.25, 0.3) is 0 Å². The molecule has 0 saturated carbocycles. The van der Waals surface area contributed by atoms with Crippen LogP contribution < -0.4 is 11.3 Å².